The minimum atomic E-state index is -0.618. The lowest BCUT2D eigenvalue weighted by molar-refractivity contribution is -0.138. The van der Waals surface area contributed by atoms with Gasteiger partial charge in [0.05, 0.1) is 0 Å². The van der Waals surface area contributed by atoms with Crippen molar-refractivity contribution in [3.05, 3.63) is 0 Å². The van der Waals surface area contributed by atoms with E-state index in [-0.39, 0.29) is 0 Å². The van der Waals surface area contributed by atoms with Crippen molar-refractivity contribution in [2.45, 2.75) is 132 Å². The number of carboxylic acids is 1. The van der Waals surface area contributed by atoms with Gasteiger partial charge in [0, 0.05) is 6.42 Å². The Morgan fingerprint density at radius 1 is 0.871 bits per heavy atom. The highest BCUT2D eigenvalue weighted by atomic mass is 16.4. The van der Waals surface area contributed by atoms with Crippen LogP contribution in [0.2, 0.25) is 0 Å². The molecule has 0 aromatic carbocycles. The molecule has 182 valence electrons. The second kappa shape index (κ2) is 11.6. The van der Waals surface area contributed by atoms with E-state index in [1.165, 1.54) is 64.2 Å². The van der Waals surface area contributed by atoms with Crippen LogP contribution in [0.15, 0.2) is 0 Å². The number of hydrogen-bond donors (Lipinski definition) is 1. The van der Waals surface area contributed by atoms with Gasteiger partial charge in [-0.15, -0.1) is 0 Å². The van der Waals surface area contributed by atoms with Gasteiger partial charge in [0.25, 0.3) is 0 Å². The number of aliphatic carboxylic acids is 1. The van der Waals surface area contributed by atoms with Crippen LogP contribution in [0.5, 0.6) is 0 Å². The lowest BCUT2D eigenvalue weighted by Gasteiger charge is -2.62. The van der Waals surface area contributed by atoms with E-state index in [1.54, 1.807) is 0 Å². The normalized spacial score (nSPS) is 43.2. The van der Waals surface area contributed by atoms with Gasteiger partial charge < -0.3 is 5.11 Å². The van der Waals surface area contributed by atoms with Crippen LogP contribution in [0.1, 0.15) is 132 Å². The molecule has 0 saturated heterocycles. The van der Waals surface area contributed by atoms with Crippen LogP contribution >= 0.6 is 0 Å². The minimum absolute atomic E-state index is 0.362. The molecule has 3 unspecified atom stereocenters. The molecule has 0 amide bonds. The van der Waals surface area contributed by atoms with Gasteiger partial charge in [-0.05, 0) is 104 Å². The van der Waals surface area contributed by atoms with Crippen LogP contribution < -0.4 is 0 Å². The van der Waals surface area contributed by atoms with E-state index in [0.717, 1.165) is 48.3 Å². The lowest BCUT2D eigenvalue weighted by atomic mass is 9.42. The third kappa shape index (κ3) is 5.03. The highest BCUT2D eigenvalue weighted by Gasteiger charge is 2.60. The van der Waals surface area contributed by atoms with Crippen molar-refractivity contribution in [2.24, 2.45) is 46.3 Å². The van der Waals surface area contributed by atoms with Crippen molar-refractivity contribution in [1.82, 2.24) is 0 Å². The molecule has 4 aliphatic carbocycles. The summed E-state index contributed by atoms with van der Waals surface area (Å²) in [6, 6.07) is 0. The van der Waals surface area contributed by atoms with E-state index < -0.39 is 5.97 Å². The SMILES string of the molecule is CC.CC.CC[C@H]1C[C@H]2C3CCC(CCCC(=O)O)[C@@]3(C)CCC2[C@@]2(C)CCCC[C@@H]12. The summed E-state index contributed by atoms with van der Waals surface area (Å²) in [4.78, 5) is 11.0. The summed E-state index contributed by atoms with van der Waals surface area (Å²) >= 11 is 0. The number of carbonyl (C=O) groups is 1. The van der Waals surface area contributed by atoms with Gasteiger partial charge in [-0.2, -0.15) is 0 Å². The first kappa shape index (κ1) is 26.7. The number of carboxylic acid groups (broad SMARTS) is 1. The average Bonchev–Trinajstić information content (AvgIpc) is 3.12. The van der Waals surface area contributed by atoms with Crippen molar-refractivity contribution < 1.29 is 9.90 Å². The zero-order valence-corrected chi connectivity index (χ0v) is 22.0. The molecular weight excluding hydrogens is 380 g/mol. The van der Waals surface area contributed by atoms with E-state index in [2.05, 4.69) is 20.8 Å². The Balaban J connectivity index is 0.000000807. The van der Waals surface area contributed by atoms with E-state index in [1.807, 2.05) is 27.7 Å². The standard InChI is InChI=1S/C25H42O2.2C2H6/c1-4-17-16-19-21-12-11-18(8-7-10-23(26)27)24(21,2)15-13-22(19)25(3)14-6-5-9-20(17)25;2*1-2/h17-22H,4-16H2,1-3H3,(H,26,27);2*1-2H3/t17-,18?,19-,20-,21?,22?,24+,25-;;/m0../s1. The Morgan fingerprint density at radius 2 is 1.55 bits per heavy atom. The van der Waals surface area contributed by atoms with E-state index >= 15 is 0 Å². The second-order valence-corrected chi connectivity index (χ2v) is 11.2. The first-order valence-corrected chi connectivity index (χ1v) is 14.1. The van der Waals surface area contributed by atoms with Crippen molar-refractivity contribution >= 4 is 5.97 Å². The summed E-state index contributed by atoms with van der Waals surface area (Å²) in [6.45, 7) is 15.7. The molecule has 2 nitrogen and oxygen atoms in total. The smallest absolute Gasteiger partial charge is 0.303 e. The summed E-state index contributed by atoms with van der Waals surface area (Å²) in [6.07, 6.45) is 16.9. The number of hydrogen-bond acceptors (Lipinski definition) is 1. The third-order valence-electron chi connectivity index (χ3n) is 10.4. The molecule has 0 radical (unpaired) electrons. The lowest BCUT2D eigenvalue weighted by Crippen LogP contribution is -2.55. The van der Waals surface area contributed by atoms with Crippen LogP contribution in [0.25, 0.3) is 0 Å². The summed E-state index contributed by atoms with van der Waals surface area (Å²) < 4.78 is 0. The number of fused-ring (bicyclic) bond motifs is 5. The first-order chi connectivity index (χ1) is 14.9. The van der Waals surface area contributed by atoms with Crippen LogP contribution in [0.4, 0.5) is 0 Å². The molecule has 4 aliphatic rings. The molecule has 1 N–H and O–H groups in total. The minimum Gasteiger partial charge on any atom is -0.481 e. The summed E-state index contributed by atoms with van der Waals surface area (Å²) in [5, 5.41) is 9.03. The molecule has 0 bridgehead atoms. The van der Waals surface area contributed by atoms with Gasteiger partial charge in [0.15, 0.2) is 0 Å². The quantitative estimate of drug-likeness (QED) is 0.468. The first-order valence-electron chi connectivity index (χ1n) is 14.1. The Bertz CT molecular complexity index is 557. The fourth-order valence-electron chi connectivity index (χ4n) is 9.10. The maximum Gasteiger partial charge on any atom is 0.303 e. The molecule has 4 fully saturated rings. The van der Waals surface area contributed by atoms with Crippen molar-refractivity contribution in [3.8, 4) is 0 Å². The van der Waals surface area contributed by atoms with E-state index in [4.69, 9.17) is 5.11 Å². The fourth-order valence-corrected chi connectivity index (χ4v) is 9.10. The highest BCUT2D eigenvalue weighted by Crippen LogP contribution is 2.69. The molecule has 8 atom stereocenters. The molecule has 2 heteroatoms. The predicted octanol–water partition coefficient (Wildman–Crippen LogP) is 8.98. The predicted molar refractivity (Wildman–Crippen MR) is 133 cm³/mol. The molecular formula is C29H54O2. The maximum absolute atomic E-state index is 11.0. The average molecular weight is 435 g/mol. The van der Waals surface area contributed by atoms with Crippen molar-refractivity contribution in [2.75, 3.05) is 0 Å². The molecule has 0 spiro atoms. The zero-order valence-electron chi connectivity index (χ0n) is 22.0. The molecule has 4 rings (SSSR count). The van der Waals surface area contributed by atoms with Crippen molar-refractivity contribution in [1.29, 1.82) is 0 Å². The van der Waals surface area contributed by atoms with Gasteiger partial charge in [-0.3, -0.25) is 4.79 Å². The topological polar surface area (TPSA) is 37.3 Å². The Morgan fingerprint density at radius 3 is 2.19 bits per heavy atom. The third-order valence-corrected chi connectivity index (χ3v) is 10.4. The van der Waals surface area contributed by atoms with Crippen LogP contribution in [-0.2, 0) is 4.79 Å². The van der Waals surface area contributed by atoms with Crippen LogP contribution in [0, 0.1) is 46.3 Å². The molecule has 31 heavy (non-hydrogen) atoms. The van der Waals surface area contributed by atoms with E-state index in [0.29, 0.717) is 17.3 Å². The zero-order chi connectivity index (χ0) is 23.2. The monoisotopic (exact) mass is 434 g/mol. The van der Waals surface area contributed by atoms with Crippen LogP contribution in [0.3, 0.4) is 0 Å². The van der Waals surface area contributed by atoms with Gasteiger partial charge in [-0.25, -0.2) is 0 Å². The second-order valence-electron chi connectivity index (χ2n) is 11.2. The fraction of sp³-hybridized carbons (Fsp3) is 0.966. The Kier molecular flexibility index (Phi) is 9.96. The largest absolute Gasteiger partial charge is 0.481 e. The number of rotatable bonds is 5. The summed E-state index contributed by atoms with van der Waals surface area (Å²) in [5.74, 6) is 4.96. The summed E-state index contributed by atoms with van der Waals surface area (Å²) in [5.41, 5.74) is 1.11. The maximum atomic E-state index is 11.0. The Labute approximate surface area is 194 Å². The molecule has 0 aliphatic heterocycles. The van der Waals surface area contributed by atoms with Gasteiger partial charge in [-0.1, -0.05) is 67.7 Å². The van der Waals surface area contributed by atoms with E-state index in [9.17, 15) is 4.79 Å². The van der Waals surface area contributed by atoms with Crippen LogP contribution in [-0.4, -0.2) is 11.1 Å². The Hall–Kier alpha value is -0.530. The van der Waals surface area contributed by atoms with Gasteiger partial charge in [0.1, 0.15) is 0 Å². The van der Waals surface area contributed by atoms with Gasteiger partial charge >= 0.3 is 5.97 Å². The summed E-state index contributed by atoms with van der Waals surface area (Å²) in [7, 11) is 0. The molecule has 0 aromatic heterocycles. The highest BCUT2D eigenvalue weighted by molar-refractivity contribution is 5.66. The molecule has 4 saturated carbocycles. The molecule has 0 heterocycles. The van der Waals surface area contributed by atoms with Gasteiger partial charge in [0.2, 0.25) is 0 Å². The van der Waals surface area contributed by atoms with Crippen molar-refractivity contribution in [3.63, 3.8) is 0 Å². The molecule has 0 aromatic rings.